The maximum atomic E-state index is 6.39. The average molecular weight is 405 g/mol. The number of nitrogens with two attached hydrogens (primary N) is 1. The van der Waals surface area contributed by atoms with Gasteiger partial charge >= 0.3 is 0 Å². The second-order valence-electron chi connectivity index (χ2n) is 7.49. The summed E-state index contributed by atoms with van der Waals surface area (Å²) in [6, 6.07) is 12.9. The summed E-state index contributed by atoms with van der Waals surface area (Å²) in [5.41, 5.74) is 2.46. The highest BCUT2D eigenvalue weighted by Crippen LogP contribution is 2.38. The van der Waals surface area contributed by atoms with E-state index in [4.69, 9.17) is 25.8 Å². The van der Waals surface area contributed by atoms with Gasteiger partial charge in [0.15, 0.2) is 17.5 Å². The van der Waals surface area contributed by atoms with E-state index >= 15 is 0 Å². The Morgan fingerprint density at radius 3 is 2.75 bits per heavy atom. The lowest BCUT2D eigenvalue weighted by atomic mass is 10.0. The van der Waals surface area contributed by atoms with Crippen molar-refractivity contribution in [2.24, 2.45) is 0 Å². The zero-order chi connectivity index (χ0) is 19.3. The number of hydrogen-bond acceptors (Lipinski definition) is 3. The van der Waals surface area contributed by atoms with Crippen LogP contribution in [0.25, 0.3) is 0 Å². The molecule has 1 saturated heterocycles. The first-order valence-corrected chi connectivity index (χ1v) is 10.5. The van der Waals surface area contributed by atoms with Gasteiger partial charge in [0.1, 0.15) is 32.1 Å². The number of halogens is 1. The van der Waals surface area contributed by atoms with Crippen molar-refractivity contribution in [3.05, 3.63) is 52.5 Å². The summed E-state index contributed by atoms with van der Waals surface area (Å²) in [5.74, 6) is 2.42. The van der Waals surface area contributed by atoms with E-state index in [9.17, 15) is 0 Å². The lowest BCUT2D eigenvalue weighted by molar-refractivity contribution is -0.935. The summed E-state index contributed by atoms with van der Waals surface area (Å²) in [7, 11) is 1.76. The maximum absolute atomic E-state index is 6.39. The fraction of sp³-hybridized carbons (Fsp3) is 0.455. The van der Waals surface area contributed by atoms with Gasteiger partial charge in [0.2, 0.25) is 0 Å². The molecule has 0 spiro atoms. The van der Waals surface area contributed by atoms with E-state index in [1.165, 1.54) is 31.5 Å². The number of hydrogen-bond donors (Lipinski definition) is 2. The van der Waals surface area contributed by atoms with Gasteiger partial charge in [0.25, 0.3) is 0 Å². The van der Waals surface area contributed by atoms with E-state index in [0.717, 1.165) is 30.2 Å². The van der Waals surface area contributed by atoms with Crippen LogP contribution in [0.3, 0.4) is 0 Å². The molecule has 0 aliphatic carbocycles. The molecular formula is C22H29ClN2O3+2. The predicted molar refractivity (Wildman–Crippen MR) is 109 cm³/mol. The van der Waals surface area contributed by atoms with Crippen LogP contribution in [-0.2, 0) is 6.54 Å². The minimum Gasteiger partial charge on any atom is -0.496 e. The van der Waals surface area contributed by atoms with Crippen molar-refractivity contribution in [1.29, 1.82) is 0 Å². The van der Waals surface area contributed by atoms with Crippen molar-refractivity contribution in [1.82, 2.24) is 0 Å². The van der Waals surface area contributed by atoms with E-state index in [-0.39, 0.29) is 0 Å². The third kappa shape index (κ3) is 4.22. The van der Waals surface area contributed by atoms with Crippen LogP contribution in [0.15, 0.2) is 36.4 Å². The zero-order valence-corrected chi connectivity index (χ0v) is 17.1. The van der Waals surface area contributed by atoms with Gasteiger partial charge in [-0.15, -0.1) is 0 Å². The second kappa shape index (κ2) is 9.03. The van der Waals surface area contributed by atoms with Gasteiger partial charge in [-0.2, -0.15) is 0 Å². The lowest BCUT2D eigenvalue weighted by Crippen LogP contribution is -3.13. The molecule has 0 aromatic heterocycles. The number of para-hydroxylation sites is 1. The Morgan fingerprint density at radius 2 is 1.93 bits per heavy atom. The zero-order valence-electron chi connectivity index (χ0n) is 16.4. The van der Waals surface area contributed by atoms with Crippen molar-refractivity contribution < 1.29 is 24.4 Å². The Balaban J connectivity index is 1.47. The number of quaternary nitrogens is 2. The molecule has 2 aromatic carbocycles. The molecule has 6 heteroatoms. The molecule has 0 amide bonds. The number of likely N-dealkylation sites (tertiary alicyclic amines) is 1. The molecule has 2 heterocycles. The van der Waals surface area contributed by atoms with Crippen LogP contribution >= 0.6 is 11.6 Å². The number of benzene rings is 2. The van der Waals surface area contributed by atoms with Crippen molar-refractivity contribution in [3.63, 3.8) is 0 Å². The number of rotatable bonds is 7. The summed E-state index contributed by atoms with van der Waals surface area (Å²) in [4.78, 5) is 1.65. The van der Waals surface area contributed by atoms with Gasteiger partial charge in [-0.3, -0.25) is 0 Å². The van der Waals surface area contributed by atoms with Gasteiger partial charge in [0.05, 0.1) is 30.8 Å². The van der Waals surface area contributed by atoms with Crippen LogP contribution in [0.5, 0.6) is 17.2 Å². The van der Waals surface area contributed by atoms with Crippen LogP contribution in [0.2, 0.25) is 5.02 Å². The van der Waals surface area contributed by atoms with Crippen LogP contribution in [0.1, 0.15) is 30.0 Å². The smallest absolute Gasteiger partial charge is 0.179 e. The first kappa shape index (κ1) is 19.4. The van der Waals surface area contributed by atoms with Crippen LogP contribution in [-0.4, -0.2) is 40.0 Å². The molecule has 28 heavy (non-hydrogen) atoms. The summed E-state index contributed by atoms with van der Waals surface area (Å²) >= 11 is 6.39. The lowest BCUT2D eigenvalue weighted by Gasteiger charge is -2.25. The molecule has 1 atom stereocenters. The van der Waals surface area contributed by atoms with Gasteiger partial charge in [0, 0.05) is 18.4 Å². The van der Waals surface area contributed by atoms with Gasteiger partial charge < -0.3 is 24.4 Å². The first-order chi connectivity index (χ1) is 13.8. The van der Waals surface area contributed by atoms with Crippen LogP contribution in [0.4, 0.5) is 0 Å². The van der Waals surface area contributed by atoms with Crippen LogP contribution < -0.4 is 24.4 Å². The second-order valence-corrected chi connectivity index (χ2v) is 7.90. The summed E-state index contributed by atoms with van der Waals surface area (Å²) < 4.78 is 17.0. The Kier molecular flexibility index (Phi) is 6.25. The molecule has 4 rings (SSSR count). The molecule has 0 radical (unpaired) electrons. The standard InChI is InChI=1S/C22H27ClN2O3/c1-26-20-7-3-2-6-17(20)19(25-8-4-5-9-25)15-24-14-16-12-18(23)22-21(13-16)27-10-11-28-22/h2-3,6-7,12-13,19,24H,4-5,8-11,14-15H2,1H3/p+2/t19-/m1/s1. The summed E-state index contributed by atoms with van der Waals surface area (Å²) in [6.07, 6.45) is 2.61. The third-order valence-corrected chi connectivity index (χ3v) is 5.97. The molecule has 0 saturated carbocycles. The van der Waals surface area contributed by atoms with E-state index in [1.807, 2.05) is 12.1 Å². The Morgan fingerprint density at radius 1 is 1.14 bits per heavy atom. The van der Waals surface area contributed by atoms with Gasteiger partial charge in [-0.25, -0.2) is 0 Å². The molecule has 2 aliphatic heterocycles. The topological polar surface area (TPSA) is 48.7 Å². The van der Waals surface area contributed by atoms with Crippen molar-refractivity contribution >= 4 is 11.6 Å². The van der Waals surface area contributed by atoms with E-state index < -0.39 is 0 Å². The minimum absolute atomic E-state index is 0.423. The van der Waals surface area contributed by atoms with Gasteiger partial charge in [-0.1, -0.05) is 23.7 Å². The Labute approximate surface area is 171 Å². The molecule has 150 valence electrons. The number of methoxy groups -OCH3 is 1. The SMILES string of the molecule is COc1ccccc1[C@@H](C[NH2+]Cc1cc(Cl)c2c(c1)OCCO2)[NH+]1CCCC1. The van der Waals surface area contributed by atoms with E-state index in [0.29, 0.717) is 30.0 Å². The van der Waals surface area contributed by atoms with Gasteiger partial charge in [-0.05, 0) is 24.3 Å². The molecule has 3 N–H and O–H groups in total. The molecule has 2 aliphatic rings. The van der Waals surface area contributed by atoms with Crippen molar-refractivity contribution in [3.8, 4) is 17.2 Å². The number of nitrogens with one attached hydrogen (secondary N) is 1. The molecule has 5 nitrogen and oxygen atoms in total. The monoisotopic (exact) mass is 404 g/mol. The first-order valence-electron chi connectivity index (χ1n) is 10.1. The largest absolute Gasteiger partial charge is 0.496 e. The molecule has 0 unspecified atom stereocenters. The molecule has 0 bridgehead atoms. The van der Waals surface area contributed by atoms with Crippen molar-refractivity contribution in [2.45, 2.75) is 25.4 Å². The number of ether oxygens (including phenoxy) is 3. The molecule has 2 aromatic rings. The van der Waals surface area contributed by atoms with Crippen LogP contribution in [0, 0.1) is 0 Å². The predicted octanol–water partition coefficient (Wildman–Crippen LogP) is 1.60. The quantitative estimate of drug-likeness (QED) is 0.737. The highest BCUT2D eigenvalue weighted by molar-refractivity contribution is 6.32. The maximum Gasteiger partial charge on any atom is 0.179 e. The normalized spacial score (nSPS) is 17.5. The molecule has 1 fully saturated rings. The summed E-state index contributed by atoms with van der Waals surface area (Å²) in [6.45, 7) is 5.44. The van der Waals surface area contributed by atoms with Crippen molar-refractivity contribution in [2.75, 3.05) is 40.0 Å². The fourth-order valence-corrected chi connectivity index (χ4v) is 4.63. The summed E-state index contributed by atoms with van der Waals surface area (Å²) in [5, 5.41) is 3.00. The fourth-order valence-electron chi connectivity index (χ4n) is 4.34. The average Bonchev–Trinajstić information content (AvgIpc) is 3.26. The third-order valence-electron chi connectivity index (χ3n) is 5.69. The van der Waals surface area contributed by atoms with E-state index in [1.54, 1.807) is 12.0 Å². The Hall–Kier alpha value is -1.95. The Bertz CT molecular complexity index is 808. The van der Waals surface area contributed by atoms with E-state index in [2.05, 4.69) is 29.6 Å². The molecular weight excluding hydrogens is 376 g/mol. The highest BCUT2D eigenvalue weighted by Gasteiger charge is 2.31. The highest BCUT2D eigenvalue weighted by atomic mass is 35.5. The minimum atomic E-state index is 0.423. The number of fused-ring (bicyclic) bond motifs is 1.